The Labute approximate surface area is 111 Å². The van der Waals surface area contributed by atoms with Gasteiger partial charge in [0.25, 0.3) is 0 Å². The highest BCUT2D eigenvalue weighted by atomic mass is 19.1. The molecule has 1 atom stereocenters. The Balaban J connectivity index is 2.52. The lowest BCUT2D eigenvalue weighted by molar-refractivity contribution is 0.556. The molecule has 1 heterocycles. The molecule has 2 rings (SSSR count). The van der Waals surface area contributed by atoms with Gasteiger partial charge in [-0.15, -0.1) is 0 Å². The molecule has 0 amide bonds. The number of aromatic nitrogens is 1. The summed E-state index contributed by atoms with van der Waals surface area (Å²) in [6, 6.07) is 6.82. The number of benzene rings is 1. The topological polar surface area (TPSA) is 24.9 Å². The molecule has 1 aromatic carbocycles. The maximum absolute atomic E-state index is 13.9. The standard InChI is InChI=1S/C15H16F2N2/c1-9-4-6-12(10(2)19-9)15(18-3)13-8-11(16)5-7-14(13)17/h4-8,15,18H,1-3H3. The molecule has 2 nitrogen and oxygen atoms in total. The molecular formula is C15H16F2N2. The van der Waals surface area contributed by atoms with E-state index < -0.39 is 17.7 Å². The van der Waals surface area contributed by atoms with Gasteiger partial charge in [0.05, 0.1) is 6.04 Å². The molecule has 0 aliphatic heterocycles. The Morgan fingerprint density at radius 1 is 1.05 bits per heavy atom. The predicted molar refractivity (Wildman–Crippen MR) is 71.0 cm³/mol. The summed E-state index contributed by atoms with van der Waals surface area (Å²) in [5.74, 6) is -0.880. The molecular weight excluding hydrogens is 246 g/mol. The lowest BCUT2D eigenvalue weighted by atomic mass is 9.97. The van der Waals surface area contributed by atoms with Gasteiger partial charge in [0.1, 0.15) is 11.6 Å². The maximum Gasteiger partial charge on any atom is 0.128 e. The van der Waals surface area contributed by atoms with Gasteiger partial charge in [-0.2, -0.15) is 0 Å². The normalized spacial score (nSPS) is 12.5. The van der Waals surface area contributed by atoms with Crippen molar-refractivity contribution in [2.75, 3.05) is 7.05 Å². The zero-order valence-electron chi connectivity index (χ0n) is 11.2. The highest BCUT2D eigenvalue weighted by molar-refractivity contribution is 5.35. The van der Waals surface area contributed by atoms with Crippen molar-refractivity contribution in [3.8, 4) is 0 Å². The van der Waals surface area contributed by atoms with Crippen molar-refractivity contribution in [2.45, 2.75) is 19.9 Å². The number of hydrogen-bond acceptors (Lipinski definition) is 2. The first-order valence-corrected chi connectivity index (χ1v) is 6.09. The van der Waals surface area contributed by atoms with E-state index in [0.717, 1.165) is 29.1 Å². The molecule has 0 spiro atoms. The van der Waals surface area contributed by atoms with Crippen LogP contribution in [-0.4, -0.2) is 12.0 Å². The molecule has 1 aromatic heterocycles. The van der Waals surface area contributed by atoms with Crippen LogP contribution in [0.3, 0.4) is 0 Å². The Kier molecular flexibility index (Phi) is 3.90. The molecule has 0 aliphatic rings. The second kappa shape index (κ2) is 5.45. The number of rotatable bonds is 3. The van der Waals surface area contributed by atoms with Gasteiger partial charge in [-0.1, -0.05) is 6.07 Å². The van der Waals surface area contributed by atoms with Gasteiger partial charge in [0, 0.05) is 17.0 Å². The Hall–Kier alpha value is -1.81. The van der Waals surface area contributed by atoms with Crippen LogP contribution in [0.1, 0.15) is 28.6 Å². The number of nitrogens with zero attached hydrogens (tertiary/aromatic N) is 1. The van der Waals surface area contributed by atoms with Crippen molar-refractivity contribution < 1.29 is 8.78 Å². The summed E-state index contributed by atoms with van der Waals surface area (Å²) < 4.78 is 27.2. The second-order valence-electron chi connectivity index (χ2n) is 4.51. The second-order valence-corrected chi connectivity index (χ2v) is 4.51. The van der Waals surface area contributed by atoms with Crippen molar-refractivity contribution in [3.05, 3.63) is 64.5 Å². The van der Waals surface area contributed by atoms with E-state index in [0.29, 0.717) is 0 Å². The maximum atomic E-state index is 13.9. The van der Waals surface area contributed by atoms with Gasteiger partial charge >= 0.3 is 0 Å². The molecule has 1 N–H and O–H groups in total. The minimum absolute atomic E-state index is 0.288. The molecule has 1 unspecified atom stereocenters. The summed E-state index contributed by atoms with van der Waals surface area (Å²) in [6.45, 7) is 3.76. The van der Waals surface area contributed by atoms with Crippen LogP contribution in [0.25, 0.3) is 0 Å². The van der Waals surface area contributed by atoms with Gasteiger partial charge in [-0.3, -0.25) is 4.98 Å². The fraction of sp³-hybridized carbons (Fsp3) is 0.267. The van der Waals surface area contributed by atoms with E-state index in [1.54, 1.807) is 7.05 Å². The number of aryl methyl sites for hydroxylation is 2. The van der Waals surface area contributed by atoms with E-state index in [2.05, 4.69) is 10.3 Å². The van der Waals surface area contributed by atoms with E-state index in [4.69, 9.17) is 0 Å². The molecule has 0 fully saturated rings. The Bertz CT molecular complexity index is 597. The summed E-state index contributed by atoms with van der Waals surface area (Å²) in [5, 5.41) is 3.02. The largest absolute Gasteiger partial charge is 0.309 e. The number of pyridine rings is 1. The molecule has 0 bridgehead atoms. The van der Waals surface area contributed by atoms with Crippen molar-refractivity contribution in [2.24, 2.45) is 0 Å². The van der Waals surface area contributed by atoms with Gasteiger partial charge in [0.2, 0.25) is 0 Å². The van der Waals surface area contributed by atoms with Crippen LogP contribution in [0.5, 0.6) is 0 Å². The fourth-order valence-corrected chi connectivity index (χ4v) is 2.22. The third-order valence-electron chi connectivity index (χ3n) is 3.13. The molecule has 0 saturated carbocycles. The van der Waals surface area contributed by atoms with Gasteiger partial charge in [0.15, 0.2) is 0 Å². The number of halogens is 2. The van der Waals surface area contributed by atoms with Gasteiger partial charge in [-0.25, -0.2) is 8.78 Å². The van der Waals surface area contributed by atoms with E-state index in [9.17, 15) is 8.78 Å². The minimum Gasteiger partial charge on any atom is -0.309 e. The van der Waals surface area contributed by atoms with E-state index in [-0.39, 0.29) is 5.56 Å². The Morgan fingerprint density at radius 2 is 1.79 bits per heavy atom. The minimum atomic E-state index is -0.450. The third-order valence-corrected chi connectivity index (χ3v) is 3.13. The zero-order chi connectivity index (χ0) is 14.0. The van der Waals surface area contributed by atoms with Crippen molar-refractivity contribution in [3.63, 3.8) is 0 Å². The molecule has 0 aliphatic carbocycles. The SMILES string of the molecule is CNC(c1cc(F)ccc1F)c1ccc(C)nc1C. The summed E-state index contributed by atoms with van der Waals surface area (Å²) in [5.41, 5.74) is 2.84. The summed E-state index contributed by atoms with van der Waals surface area (Å²) in [7, 11) is 1.72. The average Bonchev–Trinajstić information content (AvgIpc) is 2.36. The van der Waals surface area contributed by atoms with E-state index >= 15 is 0 Å². The van der Waals surface area contributed by atoms with Crippen molar-refractivity contribution >= 4 is 0 Å². The molecule has 0 saturated heterocycles. The molecule has 0 radical (unpaired) electrons. The lowest BCUT2D eigenvalue weighted by Crippen LogP contribution is -2.20. The Morgan fingerprint density at radius 3 is 2.42 bits per heavy atom. The van der Waals surface area contributed by atoms with Crippen LogP contribution in [0.15, 0.2) is 30.3 Å². The molecule has 100 valence electrons. The van der Waals surface area contributed by atoms with Crippen LogP contribution < -0.4 is 5.32 Å². The van der Waals surface area contributed by atoms with Crippen LogP contribution >= 0.6 is 0 Å². The van der Waals surface area contributed by atoms with Gasteiger partial charge < -0.3 is 5.32 Å². The lowest BCUT2D eigenvalue weighted by Gasteiger charge is -2.19. The monoisotopic (exact) mass is 262 g/mol. The smallest absolute Gasteiger partial charge is 0.128 e. The van der Waals surface area contributed by atoms with E-state index in [1.165, 1.54) is 6.07 Å². The molecule has 19 heavy (non-hydrogen) atoms. The first-order valence-electron chi connectivity index (χ1n) is 6.09. The summed E-state index contributed by atoms with van der Waals surface area (Å²) in [4.78, 5) is 4.36. The first kappa shape index (κ1) is 13.6. The average molecular weight is 262 g/mol. The van der Waals surface area contributed by atoms with Crippen LogP contribution in [-0.2, 0) is 0 Å². The van der Waals surface area contributed by atoms with Crippen LogP contribution in [0, 0.1) is 25.5 Å². The van der Waals surface area contributed by atoms with Crippen molar-refractivity contribution in [1.29, 1.82) is 0 Å². The predicted octanol–water partition coefficient (Wildman–Crippen LogP) is 3.29. The highest BCUT2D eigenvalue weighted by Gasteiger charge is 2.19. The van der Waals surface area contributed by atoms with E-state index in [1.807, 2.05) is 26.0 Å². The third kappa shape index (κ3) is 2.79. The number of nitrogens with one attached hydrogen (secondary N) is 1. The fourth-order valence-electron chi connectivity index (χ4n) is 2.22. The summed E-state index contributed by atoms with van der Waals surface area (Å²) >= 11 is 0. The number of hydrogen-bond donors (Lipinski definition) is 1. The summed E-state index contributed by atoms with van der Waals surface area (Å²) in [6.07, 6.45) is 0. The van der Waals surface area contributed by atoms with Crippen molar-refractivity contribution in [1.82, 2.24) is 10.3 Å². The zero-order valence-corrected chi connectivity index (χ0v) is 11.2. The van der Waals surface area contributed by atoms with Crippen LogP contribution in [0.4, 0.5) is 8.78 Å². The van der Waals surface area contributed by atoms with Crippen LogP contribution in [0.2, 0.25) is 0 Å². The quantitative estimate of drug-likeness (QED) is 0.918. The van der Waals surface area contributed by atoms with Gasteiger partial charge in [-0.05, 0) is 50.7 Å². The highest BCUT2D eigenvalue weighted by Crippen LogP contribution is 2.26. The first-order chi connectivity index (χ1) is 9.02. The molecule has 2 aromatic rings. The molecule has 4 heteroatoms.